The minimum atomic E-state index is -0.141. The van der Waals surface area contributed by atoms with Crippen LogP contribution in [0.3, 0.4) is 0 Å². The third kappa shape index (κ3) is 3.70. The lowest BCUT2D eigenvalue weighted by Gasteiger charge is -2.30. The second kappa shape index (κ2) is 5.96. The van der Waals surface area contributed by atoms with Gasteiger partial charge in [0.1, 0.15) is 0 Å². The summed E-state index contributed by atoms with van der Waals surface area (Å²) < 4.78 is 10.5. The van der Waals surface area contributed by atoms with E-state index in [2.05, 4.69) is 18.7 Å². The van der Waals surface area contributed by atoms with Crippen LogP contribution < -0.4 is 5.73 Å². The highest BCUT2D eigenvalue weighted by Gasteiger charge is 2.33. The van der Waals surface area contributed by atoms with Crippen molar-refractivity contribution in [1.82, 2.24) is 4.90 Å². The lowest BCUT2D eigenvalue weighted by atomic mass is 9.93. The molecule has 0 aromatic heterocycles. The van der Waals surface area contributed by atoms with Gasteiger partial charge in [-0.15, -0.1) is 0 Å². The monoisotopic (exact) mass is 230 g/mol. The number of hydrogen-bond donors (Lipinski definition) is 1. The summed E-state index contributed by atoms with van der Waals surface area (Å²) in [5, 5.41) is 0. The lowest BCUT2D eigenvalue weighted by Crippen LogP contribution is -2.42. The molecule has 0 aliphatic carbocycles. The van der Waals surface area contributed by atoms with E-state index >= 15 is 0 Å². The van der Waals surface area contributed by atoms with Gasteiger partial charge in [0.25, 0.3) is 0 Å². The van der Waals surface area contributed by atoms with Crippen LogP contribution in [0, 0.1) is 5.41 Å². The van der Waals surface area contributed by atoms with Gasteiger partial charge in [-0.2, -0.15) is 0 Å². The first-order valence-electron chi connectivity index (χ1n) is 6.02. The normalized spacial score (nSPS) is 22.9. The van der Waals surface area contributed by atoms with E-state index < -0.39 is 0 Å². The molecule has 4 heteroatoms. The zero-order valence-corrected chi connectivity index (χ0v) is 11.0. The van der Waals surface area contributed by atoms with Crippen LogP contribution in [-0.2, 0) is 9.47 Å². The number of methoxy groups -OCH3 is 2. The predicted octanol–water partition coefficient (Wildman–Crippen LogP) is 1.05. The summed E-state index contributed by atoms with van der Waals surface area (Å²) >= 11 is 0. The third-order valence-corrected chi connectivity index (χ3v) is 3.49. The van der Waals surface area contributed by atoms with Crippen LogP contribution in [0.5, 0.6) is 0 Å². The average Bonchev–Trinajstić information content (AvgIpc) is 2.61. The van der Waals surface area contributed by atoms with Crippen molar-refractivity contribution in [2.45, 2.75) is 39.0 Å². The second-order valence-electron chi connectivity index (χ2n) is 5.41. The van der Waals surface area contributed by atoms with Gasteiger partial charge in [0.2, 0.25) is 0 Å². The molecule has 16 heavy (non-hydrogen) atoms. The molecular weight excluding hydrogens is 204 g/mol. The van der Waals surface area contributed by atoms with E-state index in [0.29, 0.717) is 18.0 Å². The molecule has 0 saturated carbocycles. The molecule has 2 N–H and O–H groups in total. The van der Waals surface area contributed by atoms with Crippen LogP contribution >= 0.6 is 0 Å². The number of nitrogens with two attached hydrogens (primary N) is 1. The molecule has 1 heterocycles. The van der Waals surface area contributed by atoms with Crippen molar-refractivity contribution in [3.63, 3.8) is 0 Å². The van der Waals surface area contributed by atoms with E-state index in [9.17, 15) is 0 Å². The maximum atomic E-state index is 5.85. The number of nitrogens with zero attached hydrogens (tertiary/aromatic N) is 1. The van der Waals surface area contributed by atoms with E-state index in [1.54, 1.807) is 14.2 Å². The van der Waals surface area contributed by atoms with Crippen LogP contribution in [0.15, 0.2) is 0 Å². The SMILES string of the molecule is COC(CC(CN)N1CCC(C)(C)C1)OC. The second-order valence-corrected chi connectivity index (χ2v) is 5.41. The molecule has 0 aromatic rings. The summed E-state index contributed by atoms with van der Waals surface area (Å²) in [6.45, 7) is 7.54. The molecular formula is C12H26N2O2. The van der Waals surface area contributed by atoms with E-state index in [0.717, 1.165) is 19.5 Å². The fourth-order valence-electron chi connectivity index (χ4n) is 2.37. The maximum absolute atomic E-state index is 5.85. The zero-order valence-electron chi connectivity index (χ0n) is 11.0. The Hall–Kier alpha value is -0.160. The molecule has 0 radical (unpaired) electrons. The Morgan fingerprint density at radius 2 is 1.94 bits per heavy atom. The van der Waals surface area contributed by atoms with Crippen LogP contribution in [0.25, 0.3) is 0 Å². The molecule has 4 nitrogen and oxygen atoms in total. The third-order valence-electron chi connectivity index (χ3n) is 3.49. The van der Waals surface area contributed by atoms with Gasteiger partial charge in [-0.1, -0.05) is 13.8 Å². The number of likely N-dealkylation sites (tertiary alicyclic amines) is 1. The number of rotatable bonds is 6. The van der Waals surface area contributed by atoms with Gasteiger partial charge < -0.3 is 15.2 Å². The number of hydrogen-bond acceptors (Lipinski definition) is 4. The summed E-state index contributed by atoms with van der Waals surface area (Å²) in [4.78, 5) is 2.46. The molecule has 0 bridgehead atoms. The number of ether oxygens (including phenoxy) is 2. The van der Waals surface area contributed by atoms with Crippen molar-refractivity contribution in [3.8, 4) is 0 Å². The van der Waals surface area contributed by atoms with Crippen LogP contribution in [0.2, 0.25) is 0 Å². The molecule has 0 aromatic carbocycles. The highest BCUT2D eigenvalue weighted by atomic mass is 16.7. The highest BCUT2D eigenvalue weighted by molar-refractivity contribution is 4.87. The Balaban J connectivity index is 2.48. The van der Waals surface area contributed by atoms with Crippen molar-refractivity contribution in [1.29, 1.82) is 0 Å². The van der Waals surface area contributed by atoms with Crippen molar-refractivity contribution in [2.24, 2.45) is 11.1 Å². The molecule has 1 unspecified atom stereocenters. The first-order chi connectivity index (χ1) is 7.52. The van der Waals surface area contributed by atoms with E-state index in [1.165, 1.54) is 6.42 Å². The first kappa shape index (κ1) is 13.9. The standard InChI is InChI=1S/C12H26N2O2/c1-12(2)5-6-14(9-12)10(8-13)7-11(15-3)16-4/h10-11H,5-9,13H2,1-4H3. The van der Waals surface area contributed by atoms with Gasteiger partial charge >= 0.3 is 0 Å². The Morgan fingerprint density at radius 3 is 2.31 bits per heavy atom. The smallest absolute Gasteiger partial charge is 0.158 e. The highest BCUT2D eigenvalue weighted by Crippen LogP contribution is 2.30. The predicted molar refractivity (Wildman–Crippen MR) is 65.2 cm³/mol. The molecule has 1 rings (SSSR count). The van der Waals surface area contributed by atoms with Gasteiger partial charge in [0.15, 0.2) is 6.29 Å². The molecule has 1 aliphatic rings. The van der Waals surface area contributed by atoms with Crippen LogP contribution in [0.4, 0.5) is 0 Å². The van der Waals surface area contributed by atoms with Crippen LogP contribution in [0.1, 0.15) is 26.7 Å². The largest absolute Gasteiger partial charge is 0.356 e. The fourth-order valence-corrected chi connectivity index (χ4v) is 2.37. The van der Waals surface area contributed by atoms with Gasteiger partial charge in [0.05, 0.1) is 0 Å². The van der Waals surface area contributed by atoms with Crippen molar-refractivity contribution < 1.29 is 9.47 Å². The summed E-state index contributed by atoms with van der Waals surface area (Å²) in [5.41, 5.74) is 6.27. The first-order valence-corrected chi connectivity index (χ1v) is 6.02. The van der Waals surface area contributed by atoms with Gasteiger partial charge in [-0.3, -0.25) is 4.90 Å². The molecule has 0 spiro atoms. The van der Waals surface area contributed by atoms with Gasteiger partial charge in [-0.25, -0.2) is 0 Å². The van der Waals surface area contributed by atoms with Crippen molar-refractivity contribution in [3.05, 3.63) is 0 Å². The topological polar surface area (TPSA) is 47.7 Å². The van der Waals surface area contributed by atoms with E-state index in [4.69, 9.17) is 15.2 Å². The summed E-state index contributed by atoms with van der Waals surface area (Å²) in [6.07, 6.45) is 1.95. The van der Waals surface area contributed by atoms with Crippen molar-refractivity contribution in [2.75, 3.05) is 33.9 Å². The summed E-state index contributed by atoms with van der Waals surface area (Å²) in [6, 6.07) is 0.367. The Kier molecular flexibility index (Phi) is 5.18. The quantitative estimate of drug-likeness (QED) is 0.693. The molecule has 1 aliphatic heterocycles. The molecule has 0 amide bonds. The lowest BCUT2D eigenvalue weighted by molar-refractivity contribution is -0.116. The van der Waals surface area contributed by atoms with E-state index in [-0.39, 0.29) is 6.29 Å². The molecule has 1 atom stereocenters. The van der Waals surface area contributed by atoms with Gasteiger partial charge in [-0.05, 0) is 18.4 Å². The van der Waals surface area contributed by atoms with Crippen molar-refractivity contribution >= 4 is 0 Å². The summed E-state index contributed by atoms with van der Waals surface area (Å²) in [5.74, 6) is 0. The molecule has 1 saturated heterocycles. The average molecular weight is 230 g/mol. The zero-order chi connectivity index (χ0) is 12.2. The van der Waals surface area contributed by atoms with E-state index in [1.807, 2.05) is 0 Å². The molecule has 96 valence electrons. The maximum Gasteiger partial charge on any atom is 0.158 e. The minimum Gasteiger partial charge on any atom is -0.356 e. The molecule has 1 fully saturated rings. The Morgan fingerprint density at radius 1 is 1.31 bits per heavy atom. The van der Waals surface area contributed by atoms with Crippen LogP contribution in [-0.4, -0.2) is 51.1 Å². The van der Waals surface area contributed by atoms with Gasteiger partial charge in [0, 0.05) is 39.8 Å². The Labute approximate surface area is 99.1 Å². The minimum absolute atomic E-state index is 0.141. The Bertz CT molecular complexity index is 205. The fraction of sp³-hybridized carbons (Fsp3) is 1.00. The summed E-state index contributed by atoms with van der Waals surface area (Å²) in [7, 11) is 3.35.